The number of thioether (sulfide) groups is 1. The topological polar surface area (TPSA) is 102 Å². The first-order valence-corrected chi connectivity index (χ1v) is 14.3. The first-order chi connectivity index (χ1) is 20.4. The summed E-state index contributed by atoms with van der Waals surface area (Å²) in [4.78, 5) is 35.6. The lowest BCUT2D eigenvalue weighted by Gasteiger charge is -2.22. The van der Waals surface area contributed by atoms with Crippen LogP contribution in [0.3, 0.4) is 0 Å². The summed E-state index contributed by atoms with van der Waals surface area (Å²) < 4.78 is 42.5. The van der Waals surface area contributed by atoms with Crippen LogP contribution in [0.15, 0.2) is 72.0 Å². The number of aliphatic imine (C=N–C) groups is 1. The lowest BCUT2D eigenvalue weighted by molar-refractivity contribution is -0.274. The van der Waals surface area contributed by atoms with Crippen molar-refractivity contribution in [1.29, 1.82) is 0 Å². The van der Waals surface area contributed by atoms with E-state index in [0.717, 1.165) is 11.1 Å². The molecule has 0 aliphatic carbocycles. The van der Waals surface area contributed by atoms with Gasteiger partial charge in [0.05, 0.1) is 27.8 Å². The third-order valence-corrected chi connectivity index (χ3v) is 7.54. The van der Waals surface area contributed by atoms with Gasteiger partial charge in [0.25, 0.3) is 0 Å². The first kappa shape index (κ1) is 30.1. The molecule has 1 aliphatic rings. The number of halogens is 4. The molecule has 1 saturated heterocycles. The van der Waals surface area contributed by atoms with E-state index in [4.69, 9.17) is 11.6 Å². The van der Waals surface area contributed by atoms with Gasteiger partial charge in [0, 0.05) is 5.56 Å². The van der Waals surface area contributed by atoms with Crippen LogP contribution in [0, 0.1) is 6.92 Å². The Hall–Kier alpha value is -4.36. The third kappa shape index (κ3) is 7.00. The van der Waals surface area contributed by atoms with E-state index in [1.54, 1.807) is 18.2 Å². The molecule has 0 spiro atoms. The van der Waals surface area contributed by atoms with Crippen molar-refractivity contribution in [1.82, 2.24) is 14.8 Å². The highest BCUT2D eigenvalue weighted by atomic mass is 35.5. The fraction of sp³-hybridized carbons (Fsp3) is 0.207. The van der Waals surface area contributed by atoms with E-state index < -0.39 is 12.4 Å². The van der Waals surface area contributed by atoms with E-state index in [1.165, 1.54) is 51.9 Å². The molecule has 222 valence electrons. The average Bonchev–Trinajstić information content (AvgIpc) is 3.56. The number of carbonyl (C=O) groups is 2. The molecule has 43 heavy (non-hydrogen) atoms. The molecule has 0 bridgehead atoms. The third-order valence-electron chi connectivity index (χ3n) is 6.31. The second-order valence-electron chi connectivity index (χ2n) is 9.81. The number of hydrogen-bond donors (Lipinski definition) is 1. The smallest absolute Gasteiger partial charge is 0.406 e. The van der Waals surface area contributed by atoms with Gasteiger partial charge in [-0.2, -0.15) is 4.99 Å². The molecule has 1 fully saturated rings. The number of alkyl halides is 3. The SMILES string of the molecule is Cc1ccc(C(C)C)c(N2C(=O)CSC2=NC(=O)Nc2ccc(-c3ncn(-c4ccc(OC(F)(F)F)cc4)n3)cc2Cl)c1. The number of nitrogens with one attached hydrogen (secondary N) is 1. The van der Waals surface area contributed by atoms with Gasteiger partial charge in [0.15, 0.2) is 11.0 Å². The summed E-state index contributed by atoms with van der Waals surface area (Å²) >= 11 is 7.64. The van der Waals surface area contributed by atoms with Gasteiger partial charge in [-0.25, -0.2) is 14.5 Å². The highest BCUT2D eigenvalue weighted by molar-refractivity contribution is 8.15. The maximum Gasteiger partial charge on any atom is 0.573 e. The molecule has 1 aliphatic heterocycles. The zero-order valence-corrected chi connectivity index (χ0v) is 24.6. The first-order valence-electron chi connectivity index (χ1n) is 12.9. The monoisotopic (exact) mass is 628 g/mol. The molecule has 3 aromatic carbocycles. The molecule has 4 aromatic rings. The summed E-state index contributed by atoms with van der Waals surface area (Å²) in [5.74, 6) is 0.0985. The van der Waals surface area contributed by atoms with Gasteiger partial charge >= 0.3 is 12.4 Å². The average molecular weight is 629 g/mol. The molecule has 0 atom stereocenters. The molecule has 9 nitrogen and oxygen atoms in total. The van der Waals surface area contributed by atoms with Crippen LogP contribution < -0.4 is 15.0 Å². The van der Waals surface area contributed by atoms with Gasteiger partial charge in [0.2, 0.25) is 5.91 Å². The Kier molecular flexibility index (Phi) is 8.47. The zero-order chi connectivity index (χ0) is 30.9. The summed E-state index contributed by atoms with van der Waals surface area (Å²) in [5.41, 5.74) is 3.94. The predicted octanol–water partition coefficient (Wildman–Crippen LogP) is 7.59. The van der Waals surface area contributed by atoms with Crippen LogP contribution in [0.4, 0.5) is 29.3 Å². The van der Waals surface area contributed by atoms with Crippen molar-refractivity contribution in [3.05, 3.63) is 83.1 Å². The minimum absolute atomic E-state index is 0.153. The Balaban J connectivity index is 1.31. The van der Waals surface area contributed by atoms with E-state index in [9.17, 15) is 22.8 Å². The van der Waals surface area contributed by atoms with E-state index in [0.29, 0.717) is 28.5 Å². The van der Waals surface area contributed by atoms with Crippen LogP contribution in [0.25, 0.3) is 17.1 Å². The number of amidine groups is 1. The Morgan fingerprint density at radius 1 is 1.12 bits per heavy atom. The summed E-state index contributed by atoms with van der Waals surface area (Å²) in [6.07, 6.45) is -3.38. The summed E-state index contributed by atoms with van der Waals surface area (Å²) in [5, 5.41) is 7.49. The number of nitrogens with zero attached hydrogens (tertiary/aromatic N) is 5. The minimum Gasteiger partial charge on any atom is -0.406 e. The normalized spacial score (nSPS) is 14.6. The van der Waals surface area contributed by atoms with Crippen LogP contribution in [-0.4, -0.2) is 44.0 Å². The number of aromatic nitrogens is 3. The largest absolute Gasteiger partial charge is 0.573 e. The van der Waals surface area contributed by atoms with Gasteiger partial charge in [-0.05, 0) is 72.5 Å². The summed E-state index contributed by atoms with van der Waals surface area (Å²) in [6, 6.07) is 15.1. The lowest BCUT2D eigenvalue weighted by atomic mass is 9.99. The molecule has 2 heterocycles. The second-order valence-corrected chi connectivity index (χ2v) is 11.2. The predicted molar refractivity (Wildman–Crippen MR) is 160 cm³/mol. The number of aryl methyl sites for hydroxylation is 1. The Labute approximate surface area is 253 Å². The van der Waals surface area contributed by atoms with Gasteiger partial charge in [-0.15, -0.1) is 18.3 Å². The van der Waals surface area contributed by atoms with Crippen molar-refractivity contribution >= 4 is 51.8 Å². The van der Waals surface area contributed by atoms with Crippen molar-refractivity contribution in [3.63, 3.8) is 0 Å². The number of benzene rings is 3. The number of ether oxygens (including phenoxy) is 1. The molecule has 0 unspecified atom stereocenters. The molecule has 5 rings (SSSR count). The minimum atomic E-state index is -4.78. The maximum absolute atomic E-state index is 12.9. The van der Waals surface area contributed by atoms with Gasteiger partial charge in [-0.3, -0.25) is 9.69 Å². The van der Waals surface area contributed by atoms with Crippen molar-refractivity contribution in [2.75, 3.05) is 16.0 Å². The quantitative estimate of drug-likeness (QED) is 0.236. The number of rotatable bonds is 6. The van der Waals surface area contributed by atoms with E-state index in [2.05, 4.69) is 25.1 Å². The lowest BCUT2D eigenvalue weighted by Crippen LogP contribution is -2.31. The molecule has 14 heteroatoms. The van der Waals surface area contributed by atoms with Crippen molar-refractivity contribution in [2.45, 2.75) is 33.1 Å². The Morgan fingerprint density at radius 3 is 2.53 bits per heavy atom. The van der Waals surface area contributed by atoms with Crippen LogP contribution in [-0.2, 0) is 4.79 Å². The molecule has 0 radical (unpaired) electrons. The number of urea groups is 1. The van der Waals surface area contributed by atoms with Gasteiger partial charge in [0.1, 0.15) is 12.1 Å². The number of carbonyl (C=O) groups excluding carboxylic acids is 2. The summed E-state index contributed by atoms with van der Waals surface area (Å²) in [6.45, 7) is 6.00. The maximum atomic E-state index is 12.9. The fourth-order valence-electron chi connectivity index (χ4n) is 4.32. The molecule has 0 saturated carbocycles. The Morgan fingerprint density at radius 2 is 1.86 bits per heavy atom. The van der Waals surface area contributed by atoms with E-state index in [-0.39, 0.29) is 33.5 Å². The van der Waals surface area contributed by atoms with Crippen molar-refractivity contribution in [2.24, 2.45) is 4.99 Å². The number of hydrogen-bond acceptors (Lipinski definition) is 6. The summed E-state index contributed by atoms with van der Waals surface area (Å²) in [7, 11) is 0. The van der Waals surface area contributed by atoms with Crippen LogP contribution in [0.1, 0.15) is 30.9 Å². The molecule has 3 amide bonds. The molecular weight excluding hydrogens is 605 g/mol. The van der Waals surface area contributed by atoms with Crippen molar-refractivity contribution < 1.29 is 27.5 Å². The standard InChI is InChI=1S/C29H24ClF3N6O3S/c1-16(2)21-10-4-17(3)12-24(21)39-25(40)14-43-28(39)36-27(41)35-23-11-5-18(13-22(23)30)26-34-15-38(37-26)19-6-8-20(9-7-19)42-29(31,32)33/h4-13,15-16H,14H2,1-3H3,(H,35,41). The molecule has 1 aromatic heterocycles. The van der Waals surface area contributed by atoms with Gasteiger partial charge < -0.3 is 10.1 Å². The van der Waals surface area contributed by atoms with Crippen LogP contribution >= 0.6 is 23.4 Å². The fourth-order valence-corrected chi connectivity index (χ4v) is 5.41. The number of amides is 3. The molecular formula is C29H24ClF3N6O3S. The zero-order valence-electron chi connectivity index (χ0n) is 23.0. The van der Waals surface area contributed by atoms with E-state index in [1.807, 2.05) is 39.0 Å². The van der Waals surface area contributed by atoms with Crippen LogP contribution in [0.5, 0.6) is 5.75 Å². The highest BCUT2D eigenvalue weighted by Crippen LogP contribution is 2.35. The van der Waals surface area contributed by atoms with Crippen molar-refractivity contribution in [3.8, 4) is 22.8 Å². The van der Waals surface area contributed by atoms with Crippen LogP contribution in [0.2, 0.25) is 5.02 Å². The number of anilines is 2. The van der Waals surface area contributed by atoms with E-state index >= 15 is 0 Å². The molecule has 1 N–H and O–H groups in total. The highest BCUT2D eigenvalue weighted by Gasteiger charge is 2.33. The second kappa shape index (κ2) is 12.1. The Bertz CT molecular complexity index is 1720. The van der Waals surface area contributed by atoms with Gasteiger partial charge in [-0.1, -0.05) is 49.3 Å².